The predicted molar refractivity (Wildman–Crippen MR) is 111 cm³/mol. The van der Waals surface area contributed by atoms with Crippen molar-refractivity contribution in [2.24, 2.45) is 7.05 Å². The summed E-state index contributed by atoms with van der Waals surface area (Å²) in [6, 6.07) is 16.6. The molecule has 0 atom stereocenters. The molecule has 3 aromatic rings. The van der Waals surface area contributed by atoms with Gasteiger partial charge in [0.1, 0.15) is 5.56 Å². The molecule has 6 heteroatoms. The Morgan fingerprint density at radius 3 is 2.48 bits per heavy atom. The Bertz CT molecular complexity index is 1010. The standard InChI is InChI=1S/C21H24N4O2/c1-24(2)12-11-22-17-9-10-19-15(13-17)14-18(21(27)25(19)3)20(26)23-16-7-5-4-6-8-16/h4-10,13-14,22H,11-12H2,1-3H3,(H,23,26). The number of nitrogens with one attached hydrogen (secondary N) is 2. The van der Waals surface area contributed by atoms with E-state index in [1.54, 1.807) is 25.2 Å². The highest BCUT2D eigenvalue weighted by Gasteiger charge is 2.14. The zero-order valence-electron chi connectivity index (χ0n) is 15.8. The molecule has 0 aliphatic rings. The van der Waals surface area contributed by atoms with Crippen molar-refractivity contribution >= 4 is 28.2 Å². The lowest BCUT2D eigenvalue weighted by Crippen LogP contribution is -2.27. The first-order chi connectivity index (χ1) is 13.0. The van der Waals surface area contributed by atoms with E-state index < -0.39 is 5.91 Å². The predicted octanol–water partition coefficient (Wildman–Crippen LogP) is 2.76. The van der Waals surface area contributed by atoms with Gasteiger partial charge in [0.2, 0.25) is 0 Å². The Morgan fingerprint density at radius 1 is 1.04 bits per heavy atom. The highest BCUT2D eigenvalue weighted by atomic mass is 16.2. The van der Waals surface area contributed by atoms with Crippen LogP contribution in [0.1, 0.15) is 10.4 Å². The lowest BCUT2D eigenvalue weighted by Gasteiger charge is -2.13. The number of fused-ring (bicyclic) bond motifs is 1. The number of pyridine rings is 1. The lowest BCUT2D eigenvalue weighted by molar-refractivity contribution is 0.102. The first-order valence-electron chi connectivity index (χ1n) is 8.84. The van der Waals surface area contributed by atoms with Crippen molar-refractivity contribution in [2.45, 2.75) is 0 Å². The fourth-order valence-corrected chi connectivity index (χ4v) is 2.90. The van der Waals surface area contributed by atoms with Gasteiger partial charge in [-0.25, -0.2) is 0 Å². The second-order valence-electron chi connectivity index (χ2n) is 6.75. The summed E-state index contributed by atoms with van der Waals surface area (Å²) in [4.78, 5) is 27.3. The molecule has 1 heterocycles. The number of anilines is 2. The topological polar surface area (TPSA) is 66.4 Å². The summed E-state index contributed by atoms with van der Waals surface area (Å²) >= 11 is 0. The molecule has 27 heavy (non-hydrogen) atoms. The molecule has 0 unspecified atom stereocenters. The number of benzene rings is 2. The van der Waals surface area contributed by atoms with E-state index in [2.05, 4.69) is 15.5 Å². The summed E-state index contributed by atoms with van der Waals surface area (Å²) in [6.45, 7) is 1.72. The number of aromatic nitrogens is 1. The number of rotatable bonds is 6. The van der Waals surface area contributed by atoms with E-state index in [9.17, 15) is 9.59 Å². The van der Waals surface area contributed by atoms with Crippen LogP contribution in [0, 0.1) is 0 Å². The number of carbonyl (C=O) groups excluding carboxylic acids is 1. The van der Waals surface area contributed by atoms with Gasteiger partial charge in [-0.1, -0.05) is 18.2 Å². The first-order valence-corrected chi connectivity index (χ1v) is 8.84. The van der Waals surface area contributed by atoms with E-state index >= 15 is 0 Å². The number of aryl methyl sites for hydroxylation is 1. The molecule has 1 aromatic heterocycles. The Hall–Kier alpha value is -3.12. The van der Waals surface area contributed by atoms with Crippen molar-refractivity contribution in [2.75, 3.05) is 37.8 Å². The van der Waals surface area contributed by atoms with Gasteiger partial charge in [0.05, 0.1) is 5.52 Å². The van der Waals surface area contributed by atoms with Crippen molar-refractivity contribution < 1.29 is 4.79 Å². The first kappa shape index (κ1) is 18.7. The van der Waals surface area contributed by atoms with Crippen LogP contribution in [0.25, 0.3) is 10.9 Å². The average molecular weight is 364 g/mol. The van der Waals surface area contributed by atoms with Crippen LogP contribution in [0.2, 0.25) is 0 Å². The molecule has 0 aliphatic carbocycles. The molecule has 2 aromatic carbocycles. The molecule has 0 aliphatic heterocycles. The van der Waals surface area contributed by atoms with Crippen LogP contribution >= 0.6 is 0 Å². The smallest absolute Gasteiger partial charge is 0.263 e. The molecule has 0 radical (unpaired) electrons. The normalized spacial score (nSPS) is 11.0. The second kappa shape index (κ2) is 8.05. The van der Waals surface area contributed by atoms with Crippen LogP contribution in [0.4, 0.5) is 11.4 Å². The fourth-order valence-electron chi connectivity index (χ4n) is 2.90. The van der Waals surface area contributed by atoms with Gasteiger partial charge in [-0.05, 0) is 50.5 Å². The monoisotopic (exact) mass is 364 g/mol. The number of hydrogen-bond donors (Lipinski definition) is 2. The van der Waals surface area contributed by atoms with Crippen LogP contribution in [-0.4, -0.2) is 42.6 Å². The van der Waals surface area contributed by atoms with E-state index in [4.69, 9.17) is 0 Å². The number of hydrogen-bond acceptors (Lipinski definition) is 4. The number of nitrogens with zero attached hydrogens (tertiary/aromatic N) is 2. The highest BCUT2D eigenvalue weighted by Crippen LogP contribution is 2.19. The fraction of sp³-hybridized carbons (Fsp3) is 0.238. The number of carbonyl (C=O) groups is 1. The molecule has 140 valence electrons. The highest BCUT2D eigenvalue weighted by molar-refractivity contribution is 6.06. The van der Waals surface area contributed by atoms with Gasteiger partial charge < -0.3 is 20.1 Å². The van der Waals surface area contributed by atoms with Crippen LogP contribution in [-0.2, 0) is 7.05 Å². The summed E-state index contributed by atoms with van der Waals surface area (Å²) in [5.74, 6) is -0.408. The van der Waals surface area contributed by atoms with Crippen molar-refractivity contribution in [3.8, 4) is 0 Å². The van der Waals surface area contributed by atoms with E-state index in [0.717, 1.165) is 29.7 Å². The zero-order chi connectivity index (χ0) is 19.4. The van der Waals surface area contributed by atoms with Crippen molar-refractivity contribution in [1.29, 1.82) is 0 Å². The minimum absolute atomic E-state index is 0.124. The second-order valence-corrected chi connectivity index (χ2v) is 6.75. The number of likely N-dealkylation sites (N-methyl/N-ethyl adjacent to an activating group) is 1. The molecule has 1 amide bonds. The largest absolute Gasteiger partial charge is 0.384 e. The molecule has 0 fully saturated rings. The molecule has 0 bridgehead atoms. The molecule has 0 spiro atoms. The Kier molecular flexibility index (Phi) is 5.57. The van der Waals surface area contributed by atoms with Crippen LogP contribution in [0.3, 0.4) is 0 Å². The molecule has 6 nitrogen and oxygen atoms in total. The summed E-state index contributed by atoms with van der Waals surface area (Å²) in [7, 11) is 5.73. The Morgan fingerprint density at radius 2 is 1.78 bits per heavy atom. The van der Waals surface area contributed by atoms with Crippen molar-refractivity contribution in [1.82, 2.24) is 9.47 Å². The molecular formula is C21H24N4O2. The summed E-state index contributed by atoms with van der Waals surface area (Å²) < 4.78 is 1.51. The SMILES string of the molecule is CN(C)CCNc1ccc2c(c1)cc(C(=O)Nc1ccccc1)c(=O)n2C. The molecule has 0 saturated heterocycles. The van der Waals surface area contributed by atoms with Gasteiger partial charge in [0.15, 0.2) is 0 Å². The van der Waals surface area contributed by atoms with E-state index in [1.165, 1.54) is 4.57 Å². The number of para-hydroxylation sites is 1. The van der Waals surface area contributed by atoms with Gasteiger partial charge in [0, 0.05) is 36.9 Å². The average Bonchev–Trinajstić information content (AvgIpc) is 2.65. The summed E-state index contributed by atoms with van der Waals surface area (Å²) in [5, 5.41) is 6.98. The third-order valence-corrected chi connectivity index (χ3v) is 4.39. The van der Waals surface area contributed by atoms with Crippen LogP contribution in [0.15, 0.2) is 59.4 Å². The van der Waals surface area contributed by atoms with Gasteiger partial charge >= 0.3 is 0 Å². The third kappa shape index (κ3) is 4.35. The van der Waals surface area contributed by atoms with Crippen molar-refractivity contribution in [3.63, 3.8) is 0 Å². The van der Waals surface area contributed by atoms with Gasteiger partial charge in [-0.3, -0.25) is 9.59 Å². The van der Waals surface area contributed by atoms with Crippen LogP contribution < -0.4 is 16.2 Å². The molecule has 3 rings (SSSR count). The minimum atomic E-state index is -0.408. The summed E-state index contributed by atoms with van der Waals surface area (Å²) in [5.41, 5.74) is 2.21. The van der Waals surface area contributed by atoms with Crippen LogP contribution in [0.5, 0.6) is 0 Å². The zero-order valence-corrected chi connectivity index (χ0v) is 15.8. The minimum Gasteiger partial charge on any atom is -0.384 e. The van der Waals surface area contributed by atoms with E-state index in [-0.39, 0.29) is 11.1 Å². The lowest BCUT2D eigenvalue weighted by atomic mass is 10.1. The Balaban J connectivity index is 1.92. The quantitative estimate of drug-likeness (QED) is 0.706. The molecule has 0 saturated carbocycles. The maximum Gasteiger partial charge on any atom is 0.263 e. The van der Waals surface area contributed by atoms with Gasteiger partial charge in [-0.2, -0.15) is 0 Å². The Labute approximate surface area is 158 Å². The third-order valence-electron chi connectivity index (χ3n) is 4.39. The summed E-state index contributed by atoms with van der Waals surface area (Å²) in [6.07, 6.45) is 0. The van der Waals surface area contributed by atoms with Gasteiger partial charge in [0.25, 0.3) is 11.5 Å². The van der Waals surface area contributed by atoms with Crippen molar-refractivity contribution in [3.05, 3.63) is 70.5 Å². The van der Waals surface area contributed by atoms with Gasteiger partial charge in [-0.15, -0.1) is 0 Å². The van der Waals surface area contributed by atoms with E-state index in [1.807, 2.05) is 50.5 Å². The maximum atomic E-state index is 12.6. The molecular weight excluding hydrogens is 340 g/mol. The maximum absolute atomic E-state index is 12.6. The molecule has 2 N–H and O–H groups in total. The van der Waals surface area contributed by atoms with E-state index in [0.29, 0.717) is 5.69 Å². The number of amides is 1.